The maximum absolute atomic E-state index is 13.0. The molecule has 1 saturated carbocycles. The Balaban J connectivity index is 1.46. The van der Waals surface area contributed by atoms with Gasteiger partial charge in [0.2, 0.25) is 5.91 Å². The number of thiazole rings is 1. The molecule has 1 aliphatic rings. The SMILES string of the molecule is Cc1ccc2nc(NC(=O)CSc3nc(C4CCCC4)nc4c3c(=O)n(C)c(=O)n4C)sc2c1. The fourth-order valence-corrected chi connectivity index (χ4v) is 6.09. The first-order valence-corrected chi connectivity index (χ1v) is 12.9. The lowest BCUT2D eigenvalue weighted by atomic mass is 10.1. The van der Waals surface area contributed by atoms with Gasteiger partial charge in [0.25, 0.3) is 5.56 Å². The molecule has 0 bridgehead atoms. The van der Waals surface area contributed by atoms with Crippen molar-refractivity contribution >= 4 is 55.4 Å². The largest absolute Gasteiger partial charge is 0.332 e. The second-order valence-electron chi connectivity index (χ2n) is 8.60. The molecule has 1 amide bonds. The van der Waals surface area contributed by atoms with E-state index in [1.807, 2.05) is 25.1 Å². The third kappa shape index (κ3) is 4.14. The average Bonchev–Trinajstić information content (AvgIpc) is 3.49. The van der Waals surface area contributed by atoms with E-state index in [-0.39, 0.29) is 23.0 Å². The van der Waals surface area contributed by atoms with Crippen LogP contribution in [0.15, 0.2) is 32.8 Å². The summed E-state index contributed by atoms with van der Waals surface area (Å²) in [5.74, 6) is 0.647. The molecular formula is C23H24N6O3S2. The lowest BCUT2D eigenvalue weighted by Gasteiger charge is -2.14. The van der Waals surface area contributed by atoms with E-state index in [0.717, 1.165) is 46.0 Å². The second kappa shape index (κ2) is 8.95. The van der Waals surface area contributed by atoms with Gasteiger partial charge in [-0.05, 0) is 37.5 Å². The number of fused-ring (bicyclic) bond motifs is 2. The number of thioether (sulfide) groups is 1. The summed E-state index contributed by atoms with van der Waals surface area (Å²) in [5, 5.41) is 4.07. The molecule has 11 heteroatoms. The van der Waals surface area contributed by atoms with Crippen LogP contribution in [0.3, 0.4) is 0 Å². The molecule has 9 nitrogen and oxygen atoms in total. The van der Waals surface area contributed by atoms with Crippen molar-refractivity contribution in [2.45, 2.75) is 43.6 Å². The van der Waals surface area contributed by atoms with E-state index in [9.17, 15) is 14.4 Å². The summed E-state index contributed by atoms with van der Waals surface area (Å²) in [4.78, 5) is 52.0. The molecule has 34 heavy (non-hydrogen) atoms. The first kappa shape index (κ1) is 22.7. The number of carbonyl (C=O) groups is 1. The standard InChI is InChI=1S/C23H24N6O3S2/c1-12-8-9-14-15(10-12)34-22(24-14)25-16(30)11-33-20-17-19(28(2)23(32)29(3)21(17)31)26-18(27-20)13-6-4-5-7-13/h8-10,13H,4-7,11H2,1-3H3,(H,24,25,30). The zero-order valence-electron chi connectivity index (χ0n) is 19.1. The summed E-state index contributed by atoms with van der Waals surface area (Å²) in [7, 11) is 3.04. The highest BCUT2D eigenvalue weighted by atomic mass is 32.2. The number of hydrogen-bond donors (Lipinski definition) is 1. The summed E-state index contributed by atoms with van der Waals surface area (Å²) >= 11 is 2.60. The van der Waals surface area contributed by atoms with E-state index in [2.05, 4.69) is 15.3 Å². The predicted molar refractivity (Wildman–Crippen MR) is 135 cm³/mol. The molecule has 0 saturated heterocycles. The lowest BCUT2D eigenvalue weighted by molar-refractivity contribution is -0.113. The Morgan fingerprint density at radius 1 is 1.15 bits per heavy atom. The third-order valence-corrected chi connectivity index (χ3v) is 8.04. The van der Waals surface area contributed by atoms with Gasteiger partial charge in [-0.15, -0.1) is 0 Å². The van der Waals surface area contributed by atoms with E-state index in [1.165, 1.54) is 34.7 Å². The first-order valence-electron chi connectivity index (χ1n) is 11.1. The predicted octanol–water partition coefficient (Wildman–Crippen LogP) is 3.33. The number of aryl methyl sites for hydroxylation is 2. The molecule has 0 aliphatic heterocycles. The molecule has 0 spiro atoms. The molecule has 3 heterocycles. The van der Waals surface area contributed by atoms with E-state index >= 15 is 0 Å². The van der Waals surface area contributed by atoms with Gasteiger partial charge in [-0.3, -0.25) is 18.7 Å². The van der Waals surface area contributed by atoms with Gasteiger partial charge in [-0.2, -0.15) is 0 Å². The Labute approximate surface area is 203 Å². The number of carbonyl (C=O) groups excluding carboxylic acids is 1. The summed E-state index contributed by atoms with van der Waals surface area (Å²) < 4.78 is 3.44. The smallest absolute Gasteiger partial charge is 0.301 e. The minimum Gasteiger partial charge on any atom is -0.301 e. The highest BCUT2D eigenvalue weighted by Crippen LogP contribution is 2.34. The molecule has 3 aromatic heterocycles. The van der Waals surface area contributed by atoms with Gasteiger partial charge in [-0.25, -0.2) is 19.7 Å². The number of anilines is 1. The summed E-state index contributed by atoms with van der Waals surface area (Å²) in [6, 6.07) is 5.96. The Bertz CT molecular complexity index is 1550. The number of nitrogens with zero attached hydrogens (tertiary/aromatic N) is 5. The zero-order valence-corrected chi connectivity index (χ0v) is 20.8. The van der Waals surface area contributed by atoms with Crippen molar-refractivity contribution in [2.24, 2.45) is 14.1 Å². The van der Waals surface area contributed by atoms with Crippen LogP contribution in [0.5, 0.6) is 0 Å². The maximum atomic E-state index is 13.0. The minimum atomic E-state index is -0.458. The lowest BCUT2D eigenvalue weighted by Crippen LogP contribution is -2.38. The quantitative estimate of drug-likeness (QED) is 0.333. The van der Waals surface area contributed by atoms with Gasteiger partial charge in [0.05, 0.1) is 16.0 Å². The van der Waals surface area contributed by atoms with Crippen LogP contribution in [0, 0.1) is 6.92 Å². The van der Waals surface area contributed by atoms with E-state index in [1.54, 1.807) is 7.05 Å². The molecule has 4 aromatic rings. The number of hydrogen-bond acceptors (Lipinski definition) is 8. The van der Waals surface area contributed by atoms with Gasteiger partial charge in [0.15, 0.2) is 10.8 Å². The first-order chi connectivity index (χ1) is 16.3. The molecule has 1 N–H and O–H groups in total. The van der Waals surface area contributed by atoms with Crippen molar-refractivity contribution in [3.05, 3.63) is 50.4 Å². The average molecular weight is 497 g/mol. The van der Waals surface area contributed by atoms with Gasteiger partial charge in [0, 0.05) is 20.0 Å². The number of aromatic nitrogens is 5. The fourth-order valence-electron chi connectivity index (χ4n) is 4.29. The van der Waals surface area contributed by atoms with Crippen molar-refractivity contribution in [3.8, 4) is 0 Å². The second-order valence-corrected chi connectivity index (χ2v) is 10.6. The van der Waals surface area contributed by atoms with Crippen molar-refractivity contribution < 1.29 is 4.79 Å². The number of benzene rings is 1. The van der Waals surface area contributed by atoms with Crippen LogP contribution in [0.2, 0.25) is 0 Å². The molecule has 0 atom stereocenters. The highest BCUT2D eigenvalue weighted by molar-refractivity contribution is 8.00. The van der Waals surface area contributed by atoms with Gasteiger partial charge in [0.1, 0.15) is 16.2 Å². The third-order valence-electron chi connectivity index (χ3n) is 6.13. The Morgan fingerprint density at radius 3 is 2.68 bits per heavy atom. The molecule has 0 unspecified atom stereocenters. The van der Waals surface area contributed by atoms with Crippen molar-refractivity contribution in [1.82, 2.24) is 24.1 Å². The molecular weight excluding hydrogens is 472 g/mol. The molecule has 1 aliphatic carbocycles. The molecule has 1 fully saturated rings. The Hall–Kier alpha value is -3.05. The van der Waals surface area contributed by atoms with Crippen LogP contribution < -0.4 is 16.6 Å². The molecule has 176 valence electrons. The van der Waals surface area contributed by atoms with E-state index in [4.69, 9.17) is 4.98 Å². The minimum absolute atomic E-state index is 0.0527. The van der Waals surface area contributed by atoms with Crippen LogP contribution in [-0.2, 0) is 18.9 Å². The summed E-state index contributed by atoms with van der Waals surface area (Å²) in [6.45, 7) is 2.01. The fraction of sp³-hybridized carbons (Fsp3) is 0.391. The Kier molecular flexibility index (Phi) is 5.98. The normalized spacial score (nSPS) is 14.3. The van der Waals surface area contributed by atoms with Crippen LogP contribution >= 0.6 is 23.1 Å². The topological polar surface area (TPSA) is 112 Å². The maximum Gasteiger partial charge on any atom is 0.332 e. The molecule has 5 rings (SSSR count). The Morgan fingerprint density at radius 2 is 1.91 bits per heavy atom. The van der Waals surface area contributed by atoms with Crippen molar-refractivity contribution in [3.63, 3.8) is 0 Å². The summed E-state index contributed by atoms with van der Waals surface area (Å²) in [6.07, 6.45) is 4.17. The van der Waals surface area contributed by atoms with Gasteiger partial charge >= 0.3 is 5.69 Å². The van der Waals surface area contributed by atoms with Gasteiger partial charge < -0.3 is 5.32 Å². The highest BCUT2D eigenvalue weighted by Gasteiger charge is 2.24. The number of amides is 1. The van der Waals surface area contributed by atoms with Crippen LogP contribution in [0.25, 0.3) is 21.3 Å². The van der Waals surface area contributed by atoms with Crippen molar-refractivity contribution in [1.29, 1.82) is 0 Å². The molecule has 1 aromatic carbocycles. The zero-order chi connectivity index (χ0) is 24.0. The van der Waals surface area contributed by atoms with Crippen LogP contribution in [-0.4, -0.2) is 35.7 Å². The van der Waals surface area contributed by atoms with E-state index in [0.29, 0.717) is 21.6 Å². The van der Waals surface area contributed by atoms with E-state index < -0.39 is 11.2 Å². The van der Waals surface area contributed by atoms with Crippen molar-refractivity contribution in [2.75, 3.05) is 11.1 Å². The van der Waals surface area contributed by atoms with Gasteiger partial charge in [-0.1, -0.05) is 42.0 Å². The molecule has 0 radical (unpaired) electrons. The number of nitrogens with one attached hydrogen (secondary N) is 1. The van der Waals surface area contributed by atoms with Crippen LogP contribution in [0.4, 0.5) is 5.13 Å². The summed E-state index contributed by atoms with van der Waals surface area (Å²) in [5.41, 5.74) is 1.39. The monoisotopic (exact) mass is 496 g/mol. The van der Waals surface area contributed by atoms with Crippen LogP contribution in [0.1, 0.15) is 43.0 Å². The number of rotatable bonds is 5.